The van der Waals surface area contributed by atoms with Gasteiger partial charge in [-0.1, -0.05) is 0 Å². The van der Waals surface area contributed by atoms with E-state index < -0.39 is 14.0 Å². The van der Waals surface area contributed by atoms with Gasteiger partial charge in [0.15, 0.2) is 6.66 Å². The van der Waals surface area contributed by atoms with Gasteiger partial charge < -0.3 is 1.43 Å². The summed E-state index contributed by atoms with van der Waals surface area (Å²) in [6.07, 6.45) is 0. The second-order valence-corrected chi connectivity index (χ2v) is 2.08. The molecule has 0 aliphatic rings. The molecule has 8 heavy (non-hydrogen) atoms. The maximum atomic E-state index is 9.96. The normalized spacial score (nSPS) is 9.00. The molecule has 42 valence electrons. The van der Waals surface area contributed by atoms with E-state index in [1.54, 1.807) is 0 Å². The Balaban J connectivity index is -0.000000180. The van der Waals surface area contributed by atoms with Crippen LogP contribution in [-0.2, 0) is 13.9 Å². The van der Waals surface area contributed by atoms with Crippen molar-refractivity contribution in [2.45, 2.75) is 6.92 Å². The molecule has 0 aromatic rings. The minimum atomic E-state index is -1.74. The smallest absolute Gasteiger partial charge is 1.00 e. The molecule has 0 saturated carbocycles. The third kappa shape index (κ3) is 9.76. The first kappa shape index (κ1) is 11.4. The van der Waals surface area contributed by atoms with E-state index in [1.165, 1.54) is 13.6 Å². The average molecular weight is 145 g/mol. The fourth-order valence-electron chi connectivity index (χ4n) is 0.181. The van der Waals surface area contributed by atoms with Crippen molar-refractivity contribution in [2.24, 2.45) is 0 Å². The van der Waals surface area contributed by atoms with Gasteiger partial charge in [-0.15, -0.1) is 0 Å². The topological polar surface area (TPSA) is 43.4 Å². The second-order valence-electron chi connectivity index (χ2n) is 1.02. The molecular formula is C3H7NaO3P+. The maximum Gasteiger partial charge on any atom is 1.00 e. The van der Waals surface area contributed by atoms with Gasteiger partial charge in [-0.3, -0.25) is 0 Å². The number of hydrogen-bond donors (Lipinski definition) is 0. The molecule has 0 aliphatic heterocycles. The van der Waals surface area contributed by atoms with Crippen LogP contribution in [0, 0.1) is 0 Å². The van der Waals surface area contributed by atoms with Gasteiger partial charge in [0.25, 0.3) is 0 Å². The standard InChI is InChI=1S/C3H6O3P.Na.H/c1-3(4)6-7(2)5;;/h1-2H3;;/q2*+1;-1. The van der Waals surface area contributed by atoms with Gasteiger partial charge in [-0.25, -0.2) is 9.32 Å². The summed E-state index contributed by atoms with van der Waals surface area (Å²) in [6.45, 7) is 2.55. The van der Waals surface area contributed by atoms with Gasteiger partial charge in [0.05, 0.1) is 0 Å². The molecule has 0 N–H and O–H groups in total. The third-order valence-corrected chi connectivity index (χ3v) is 0.771. The summed E-state index contributed by atoms with van der Waals surface area (Å²) in [5, 5.41) is 0. The van der Waals surface area contributed by atoms with Crippen LogP contribution in [0.5, 0.6) is 0 Å². The summed E-state index contributed by atoms with van der Waals surface area (Å²) in [4.78, 5) is 9.85. The summed E-state index contributed by atoms with van der Waals surface area (Å²) >= 11 is 0. The Bertz CT molecular complexity index is 95.2. The zero-order valence-corrected chi connectivity index (χ0v) is 8.07. The number of hydrogen-bond acceptors (Lipinski definition) is 3. The molecule has 0 radical (unpaired) electrons. The van der Waals surface area contributed by atoms with Crippen LogP contribution in [0.1, 0.15) is 8.35 Å². The molecule has 0 amide bonds. The van der Waals surface area contributed by atoms with Crippen LogP contribution in [0.3, 0.4) is 0 Å². The Kier molecular flexibility index (Phi) is 8.11. The van der Waals surface area contributed by atoms with Crippen molar-refractivity contribution in [3.8, 4) is 0 Å². The molecule has 0 aromatic carbocycles. The average Bonchev–Trinajstić information content (AvgIpc) is 1.27. The van der Waals surface area contributed by atoms with Crippen molar-refractivity contribution in [3.05, 3.63) is 0 Å². The van der Waals surface area contributed by atoms with Crippen LogP contribution in [-0.4, -0.2) is 12.6 Å². The molecule has 1 unspecified atom stereocenters. The summed E-state index contributed by atoms with van der Waals surface area (Å²) in [5.41, 5.74) is 0. The Morgan fingerprint density at radius 3 is 2.12 bits per heavy atom. The molecular weight excluding hydrogens is 138 g/mol. The summed E-state index contributed by atoms with van der Waals surface area (Å²) in [7, 11) is -1.74. The van der Waals surface area contributed by atoms with Crippen LogP contribution >= 0.6 is 8.03 Å². The van der Waals surface area contributed by atoms with Crippen LogP contribution in [0.25, 0.3) is 0 Å². The molecule has 0 aliphatic carbocycles. The van der Waals surface area contributed by atoms with Crippen LogP contribution in [0.4, 0.5) is 0 Å². The van der Waals surface area contributed by atoms with Crippen molar-refractivity contribution < 1.29 is 44.9 Å². The SMILES string of the molecule is CC(=O)O[P+](C)=O.[H-].[Na+]. The number of rotatable bonds is 1. The summed E-state index contributed by atoms with van der Waals surface area (Å²) in [6, 6.07) is 0. The first-order chi connectivity index (χ1) is 3.13. The zero-order chi connectivity index (χ0) is 5.86. The summed E-state index contributed by atoms with van der Waals surface area (Å²) in [5.74, 6) is -0.497. The van der Waals surface area contributed by atoms with Crippen LogP contribution in [0.2, 0.25) is 0 Å². The van der Waals surface area contributed by atoms with E-state index in [4.69, 9.17) is 0 Å². The second kappa shape index (κ2) is 5.70. The van der Waals surface area contributed by atoms with E-state index in [1.807, 2.05) is 0 Å². The fourth-order valence-corrected chi connectivity index (χ4v) is 0.543. The molecule has 5 heteroatoms. The van der Waals surface area contributed by atoms with E-state index in [9.17, 15) is 9.36 Å². The molecule has 1 atom stereocenters. The predicted octanol–water partition coefficient (Wildman–Crippen LogP) is -1.96. The Hall–Kier alpha value is 0.570. The van der Waals surface area contributed by atoms with E-state index in [-0.39, 0.29) is 31.0 Å². The Morgan fingerprint density at radius 2 is 2.12 bits per heavy atom. The molecule has 0 bridgehead atoms. The van der Waals surface area contributed by atoms with E-state index in [2.05, 4.69) is 4.52 Å². The minimum Gasteiger partial charge on any atom is -1.00 e. The van der Waals surface area contributed by atoms with E-state index >= 15 is 0 Å². The Labute approximate surface area is 72.4 Å². The quantitative estimate of drug-likeness (QED) is 0.318. The fraction of sp³-hybridized carbons (Fsp3) is 0.667. The zero-order valence-electron chi connectivity index (χ0n) is 6.17. The largest absolute Gasteiger partial charge is 1.00 e. The van der Waals surface area contributed by atoms with Crippen molar-refractivity contribution in [2.75, 3.05) is 6.66 Å². The van der Waals surface area contributed by atoms with Gasteiger partial charge in [0.2, 0.25) is 0 Å². The van der Waals surface area contributed by atoms with Crippen LogP contribution in [0.15, 0.2) is 0 Å². The molecule has 0 rings (SSSR count). The minimum absolute atomic E-state index is 0. The van der Waals surface area contributed by atoms with Gasteiger partial charge in [0, 0.05) is 6.92 Å². The number of carbonyl (C=O) groups is 1. The van der Waals surface area contributed by atoms with Crippen molar-refractivity contribution >= 4 is 14.0 Å². The maximum absolute atomic E-state index is 9.96. The van der Waals surface area contributed by atoms with Crippen LogP contribution < -0.4 is 29.6 Å². The monoisotopic (exact) mass is 145 g/mol. The van der Waals surface area contributed by atoms with E-state index in [0.29, 0.717) is 0 Å². The van der Waals surface area contributed by atoms with Gasteiger partial charge in [-0.05, 0) is 4.57 Å². The number of carbonyl (C=O) groups excluding carboxylic acids is 1. The van der Waals surface area contributed by atoms with Gasteiger partial charge >= 0.3 is 43.6 Å². The molecule has 3 nitrogen and oxygen atoms in total. The summed E-state index contributed by atoms with van der Waals surface area (Å²) < 4.78 is 14.1. The van der Waals surface area contributed by atoms with Gasteiger partial charge in [-0.2, -0.15) is 0 Å². The first-order valence-corrected chi connectivity index (χ1v) is 3.35. The van der Waals surface area contributed by atoms with Gasteiger partial charge in [0.1, 0.15) is 0 Å². The molecule has 0 saturated heterocycles. The molecule has 0 fully saturated rings. The van der Waals surface area contributed by atoms with Crippen molar-refractivity contribution in [3.63, 3.8) is 0 Å². The first-order valence-electron chi connectivity index (χ1n) is 1.72. The van der Waals surface area contributed by atoms with E-state index in [0.717, 1.165) is 0 Å². The third-order valence-electron chi connectivity index (χ3n) is 0.257. The predicted molar refractivity (Wildman–Crippen MR) is 26.4 cm³/mol. The molecule has 0 aromatic heterocycles. The molecule has 0 spiro atoms. The Morgan fingerprint density at radius 1 is 1.75 bits per heavy atom. The van der Waals surface area contributed by atoms with Crippen molar-refractivity contribution in [1.82, 2.24) is 0 Å². The van der Waals surface area contributed by atoms with Crippen molar-refractivity contribution in [1.29, 1.82) is 0 Å². The molecule has 0 heterocycles.